The number of aryl methyl sites for hydroxylation is 3. The number of aromatic nitrogens is 4. The van der Waals surface area contributed by atoms with Gasteiger partial charge in [0.25, 0.3) is 5.91 Å². The molecule has 0 fully saturated rings. The van der Waals surface area contributed by atoms with Gasteiger partial charge in [0.1, 0.15) is 18.2 Å². The number of carbonyl (C=O) groups excluding carboxylic acids is 1. The number of ether oxygens (including phenoxy) is 1. The van der Waals surface area contributed by atoms with E-state index in [2.05, 4.69) is 30.8 Å². The fourth-order valence-electron chi connectivity index (χ4n) is 6.10. The number of H-pyrrole nitrogens is 1. The summed E-state index contributed by atoms with van der Waals surface area (Å²) in [5.74, 6) is 0.849. The number of carbonyl (C=O) groups is 1. The average molecular weight is 649 g/mol. The Labute approximate surface area is 276 Å². The Morgan fingerprint density at radius 1 is 1.06 bits per heavy atom. The van der Waals surface area contributed by atoms with Crippen LogP contribution in [0.2, 0.25) is 5.02 Å². The van der Waals surface area contributed by atoms with Gasteiger partial charge in [-0.25, -0.2) is 14.4 Å². The second-order valence-corrected chi connectivity index (χ2v) is 12.5. The number of hydrogen-bond acceptors (Lipinski definition) is 5. The second-order valence-electron chi connectivity index (χ2n) is 12.0. The lowest BCUT2D eigenvalue weighted by Gasteiger charge is -2.25. The van der Waals surface area contributed by atoms with E-state index in [0.29, 0.717) is 34.3 Å². The summed E-state index contributed by atoms with van der Waals surface area (Å²) in [5, 5.41) is 4.46. The molecule has 0 spiro atoms. The number of rotatable bonds is 8. The van der Waals surface area contributed by atoms with Gasteiger partial charge in [0.05, 0.1) is 23.3 Å². The smallest absolute Gasteiger partial charge is 0.255 e. The summed E-state index contributed by atoms with van der Waals surface area (Å²) in [6.45, 7) is 6.41. The monoisotopic (exact) mass is 648 g/mol. The third-order valence-corrected chi connectivity index (χ3v) is 9.02. The number of amides is 1. The maximum Gasteiger partial charge on any atom is 0.255 e. The highest BCUT2D eigenvalue weighted by Crippen LogP contribution is 2.27. The van der Waals surface area contributed by atoms with Gasteiger partial charge in [-0.05, 0) is 85.5 Å². The highest BCUT2D eigenvalue weighted by molar-refractivity contribution is 6.30. The standard InChI is InChI=1S/C37H34ClFN6O2/c1-22-15-26(16-29-23(2)19-40-36(22)29)37(46)41-28-9-10-33-32(18-28)42-34(44(33)3)20-45-13-11-24(12-14-45)31-5-4-6-35(43-31)47-21-25-7-8-27(38)17-30(25)39/h4-11,15-19,40H,12-14,20-21H2,1-3H3,(H,41,46). The normalized spacial score (nSPS) is 13.7. The number of nitrogens with one attached hydrogen (secondary N) is 2. The molecule has 0 radical (unpaired) electrons. The topological polar surface area (TPSA) is 88.1 Å². The zero-order chi connectivity index (χ0) is 32.7. The number of nitrogens with zero attached hydrogens (tertiary/aromatic N) is 4. The van der Waals surface area contributed by atoms with Crippen LogP contribution in [0, 0.1) is 19.7 Å². The first-order valence-electron chi connectivity index (χ1n) is 15.5. The predicted molar refractivity (Wildman–Crippen MR) is 184 cm³/mol. The minimum Gasteiger partial charge on any atom is -0.473 e. The van der Waals surface area contributed by atoms with Crippen molar-refractivity contribution in [2.45, 2.75) is 33.4 Å². The number of halogens is 2. The van der Waals surface area contributed by atoms with Crippen molar-refractivity contribution in [3.63, 3.8) is 0 Å². The van der Waals surface area contributed by atoms with Crippen molar-refractivity contribution < 1.29 is 13.9 Å². The number of pyridine rings is 1. The Kier molecular flexibility index (Phi) is 8.26. The van der Waals surface area contributed by atoms with Crippen LogP contribution in [0.1, 0.15) is 45.0 Å². The highest BCUT2D eigenvalue weighted by atomic mass is 35.5. The molecule has 0 atom stereocenters. The van der Waals surface area contributed by atoms with Crippen LogP contribution < -0.4 is 10.1 Å². The van der Waals surface area contributed by atoms with Gasteiger partial charge in [0.15, 0.2) is 0 Å². The molecule has 0 aliphatic carbocycles. The van der Waals surface area contributed by atoms with Crippen molar-refractivity contribution in [2.75, 3.05) is 18.4 Å². The Bertz CT molecular complexity index is 2190. The summed E-state index contributed by atoms with van der Waals surface area (Å²) in [4.78, 5) is 28.4. The van der Waals surface area contributed by atoms with E-state index in [9.17, 15) is 9.18 Å². The van der Waals surface area contributed by atoms with Gasteiger partial charge in [-0.1, -0.05) is 29.8 Å². The van der Waals surface area contributed by atoms with Crippen LogP contribution in [0.3, 0.4) is 0 Å². The van der Waals surface area contributed by atoms with Gasteiger partial charge < -0.3 is 19.6 Å². The SMILES string of the molecule is Cc1c[nH]c2c(C)cc(C(=O)Nc3ccc4c(c3)nc(CN3CC=C(c5cccc(OCc6ccc(Cl)cc6F)n5)CC3)n4C)cc12. The minimum atomic E-state index is -0.400. The molecule has 1 amide bonds. The number of fused-ring (bicyclic) bond motifs is 2. The molecule has 1 aliphatic heterocycles. The number of aromatic amines is 1. The van der Waals surface area contributed by atoms with E-state index >= 15 is 0 Å². The van der Waals surface area contributed by atoms with Gasteiger partial charge >= 0.3 is 0 Å². The Balaban J connectivity index is 0.999. The van der Waals surface area contributed by atoms with Crippen molar-refractivity contribution in [2.24, 2.45) is 7.05 Å². The average Bonchev–Trinajstić information content (AvgIpc) is 3.59. The van der Waals surface area contributed by atoms with Gasteiger partial charge in [-0.15, -0.1) is 0 Å². The Morgan fingerprint density at radius 2 is 1.94 bits per heavy atom. The molecule has 1 aliphatic rings. The number of hydrogen-bond donors (Lipinski definition) is 2. The number of imidazole rings is 1. The highest BCUT2D eigenvalue weighted by Gasteiger charge is 2.18. The van der Waals surface area contributed by atoms with Crippen LogP contribution in [0.25, 0.3) is 27.5 Å². The van der Waals surface area contributed by atoms with Crippen LogP contribution in [-0.2, 0) is 20.2 Å². The first-order chi connectivity index (χ1) is 22.7. The first-order valence-corrected chi connectivity index (χ1v) is 15.9. The van der Waals surface area contributed by atoms with Gasteiger partial charge in [0.2, 0.25) is 5.88 Å². The molecule has 0 bridgehead atoms. The molecule has 4 heterocycles. The maximum absolute atomic E-state index is 14.2. The number of benzene rings is 3. The molecule has 3 aromatic heterocycles. The zero-order valence-corrected chi connectivity index (χ0v) is 27.2. The molecule has 0 saturated heterocycles. The van der Waals surface area contributed by atoms with Crippen LogP contribution in [0.4, 0.5) is 10.1 Å². The summed E-state index contributed by atoms with van der Waals surface area (Å²) in [7, 11) is 2.02. The van der Waals surface area contributed by atoms with Crippen LogP contribution >= 0.6 is 11.6 Å². The van der Waals surface area contributed by atoms with Crippen molar-refractivity contribution in [3.05, 3.63) is 124 Å². The van der Waals surface area contributed by atoms with E-state index < -0.39 is 5.82 Å². The molecule has 2 N–H and O–H groups in total. The van der Waals surface area contributed by atoms with E-state index in [1.165, 1.54) is 6.07 Å². The Morgan fingerprint density at radius 3 is 2.74 bits per heavy atom. The summed E-state index contributed by atoms with van der Waals surface area (Å²) >= 11 is 5.86. The fraction of sp³-hybridized carbons (Fsp3) is 0.216. The van der Waals surface area contributed by atoms with Crippen LogP contribution in [-0.4, -0.2) is 43.4 Å². The lowest BCUT2D eigenvalue weighted by Crippen LogP contribution is -2.29. The molecule has 3 aromatic carbocycles. The molecular formula is C37H34ClFN6O2. The summed E-state index contributed by atoms with van der Waals surface area (Å²) in [5.41, 5.74) is 8.80. The Hall–Kier alpha value is -4.99. The molecule has 10 heteroatoms. The van der Waals surface area contributed by atoms with Crippen molar-refractivity contribution in [1.82, 2.24) is 24.4 Å². The van der Waals surface area contributed by atoms with Crippen molar-refractivity contribution in [1.29, 1.82) is 0 Å². The second kappa shape index (κ2) is 12.7. The van der Waals surface area contributed by atoms with Gasteiger partial charge in [0, 0.05) is 65.1 Å². The third kappa shape index (κ3) is 6.37. The number of anilines is 1. The summed E-state index contributed by atoms with van der Waals surface area (Å²) in [6, 6.07) is 19.9. The lowest BCUT2D eigenvalue weighted by atomic mass is 10.0. The molecule has 0 unspecified atom stereocenters. The van der Waals surface area contributed by atoms with E-state index in [4.69, 9.17) is 21.3 Å². The fourth-order valence-corrected chi connectivity index (χ4v) is 6.26. The van der Waals surface area contributed by atoms with Crippen molar-refractivity contribution >= 4 is 50.7 Å². The van der Waals surface area contributed by atoms with Crippen LogP contribution in [0.5, 0.6) is 5.88 Å². The quantitative estimate of drug-likeness (QED) is 0.175. The molecule has 7 rings (SSSR count). The van der Waals surface area contributed by atoms with E-state index in [-0.39, 0.29) is 12.5 Å². The largest absolute Gasteiger partial charge is 0.473 e. The maximum atomic E-state index is 14.2. The predicted octanol–water partition coefficient (Wildman–Crippen LogP) is 7.98. The molecule has 47 heavy (non-hydrogen) atoms. The summed E-state index contributed by atoms with van der Waals surface area (Å²) in [6.07, 6.45) is 4.99. The third-order valence-electron chi connectivity index (χ3n) is 8.79. The van der Waals surface area contributed by atoms with Gasteiger partial charge in [-0.2, -0.15) is 0 Å². The van der Waals surface area contributed by atoms with Gasteiger partial charge in [-0.3, -0.25) is 9.69 Å². The van der Waals surface area contributed by atoms with Crippen LogP contribution in [0.15, 0.2) is 79.0 Å². The molecule has 238 valence electrons. The molecule has 0 saturated carbocycles. The summed E-state index contributed by atoms with van der Waals surface area (Å²) < 4.78 is 22.1. The lowest BCUT2D eigenvalue weighted by molar-refractivity contribution is 0.102. The van der Waals surface area contributed by atoms with E-state index in [1.54, 1.807) is 18.2 Å². The first kappa shape index (κ1) is 30.7. The molecule has 8 nitrogen and oxygen atoms in total. The van der Waals surface area contributed by atoms with Crippen molar-refractivity contribution in [3.8, 4) is 5.88 Å². The molecular weight excluding hydrogens is 615 g/mol. The molecule has 6 aromatic rings. The zero-order valence-electron chi connectivity index (χ0n) is 26.4. The van der Waals surface area contributed by atoms with E-state index in [1.807, 2.05) is 69.6 Å². The van der Waals surface area contributed by atoms with E-state index in [0.717, 1.165) is 69.7 Å². The minimum absolute atomic E-state index is 0.0714.